The summed E-state index contributed by atoms with van der Waals surface area (Å²) in [5.74, 6) is -2.99. The monoisotopic (exact) mass is 163 g/mol. The van der Waals surface area contributed by atoms with Crippen molar-refractivity contribution in [3.8, 4) is 0 Å². The highest BCUT2D eigenvalue weighted by Gasteiger charge is 2.71. The van der Waals surface area contributed by atoms with Crippen LogP contribution in [0.1, 0.15) is 20.8 Å². The summed E-state index contributed by atoms with van der Waals surface area (Å²) >= 11 is 0. The molecule has 1 rings (SSSR count). The molecular formula is C8H15F2N. The Kier molecular flexibility index (Phi) is 1.75. The quantitative estimate of drug-likeness (QED) is 0.622. The number of alkyl halides is 2. The summed E-state index contributed by atoms with van der Waals surface area (Å²) in [6, 6.07) is -0.609. The zero-order chi connectivity index (χ0) is 8.86. The van der Waals surface area contributed by atoms with E-state index in [-0.39, 0.29) is 5.41 Å². The maximum atomic E-state index is 12.9. The first-order valence-electron chi connectivity index (χ1n) is 3.87. The van der Waals surface area contributed by atoms with Crippen molar-refractivity contribution in [1.29, 1.82) is 0 Å². The van der Waals surface area contributed by atoms with Gasteiger partial charge in [0.2, 0.25) is 0 Å². The van der Waals surface area contributed by atoms with Gasteiger partial charge in [-0.25, -0.2) is 8.78 Å². The van der Waals surface area contributed by atoms with Crippen molar-refractivity contribution >= 4 is 0 Å². The predicted octanol–water partition coefficient (Wildman–Crippen LogP) is 1.89. The molecule has 0 heterocycles. The highest BCUT2D eigenvalue weighted by molar-refractivity contribution is 5.15. The molecule has 0 saturated heterocycles. The Morgan fingerprint density at radius 1 is 1.27 bits per heavy atom. The Morgan fingerprint density at radius 3 is 1.82 bits per heavy atom. The van der Waals surface area contributed by atoms with Crippen LogP contribution in [0.2, 0.25) is 0 Å². The van der Waals surface area contributed by atoms with Crippen molar-refractivity contribution in [3.05, 3.63) is 0 Å². The van der Waals surface area contributed by atoms with Gasteiger partial charge in [0.25, 0.3) is 5.92 Å². The molecule has 2 unspecified atom stereocenters. The van der Waals surface area contributed by atoms with Crippen molar-refractivity contribution in [2.45, 2.75) is 32.7 Å². The summed E-state index contributed by atoms with van der Waals surface area (Å²) in [7, 11) is 1.59. The van der Waals surface area contributed by atoms with Crippen LogP contribution in [0.25, 0.3) is 0 Å². The molecule has 2 atom stereocenters. The Bertz CT molecular complexity index is 160. The van der Waals surface area contributed by atoms with Crippen LogP contribution in [-0.2, 0) is 0 Å². The third-order valence-corrected chi connectivity index (χ3v) is 2.30. The first-order valence-corrected chi connectivity index (χ1v) is 3.87. The van der Waals surface area contributed by atoms with Gasteiger partial charge in [-0.2, -0.15) is 0 Å². The van der Waals surface area contributed by atoms with Gasteiger partial charge in [-0.05, 0) is 12.5 Å². The molecule has 1 aliphatic carbocycles. The number of halogens is 2. The number of hydrogen-bond donors (Lipinski definition) is 1. The minimum atomic E-state index is -2.49. The second kappa shape index (κ2) is 2.16. The molecule has 1 fully saturated rings. The lowest BCUT2D eigenvalue weighted by atomic mass is 9.89. The predicted molar refractivity (Wildman–Crippen MR) is 40.7 cm³/mol. The molecule has 0 spiro atoms. The second-order valence-corrected chi connectivity index (χ2v) is 4.28. The first-order chi connectivity index (χ1) is 4.81. The van der Waals surface area contributed by atoms with Gasteiger partial charge >= 0.3 is 0 Å². The van der Waals surface area contributed by atoms with Crippen molar-refractivity contribution in [2.24, 2.45) is 11.3 Å². The molecule has 0 aromatic heterocycles. The van der Waals surface area contributed by atoms with Crippen molar-refractivity contribution in [1.82, 2.24) is 5.32 Å². The molecule has 0 amide bonds. The lowest BCUT2D eigenvalue weighted by Crippen LogP contribution is -2.18. The van der Waals surface area contributed by atoms with E-state index in [4.69, 9.17) is 0 Å². The van der Waals surface area contributed by atoms with Crippen LogP contribution in [-0.4, -0.2) is 19.0 Å². The Morgan fingerprint density at radius 2 is 1.73 bits per heavy atom. The lowest BCUT2D eigenvalue weighted by Gasteiger charge is -2.16. The Labute approximate surface area is 66.2 Å². The molecule has 1 saturated carbocycles. The molecule has 1 aliphatic rings. The second-order valence-electron chi connectivity index (χ2n) is 4.28. The summed E-state index contributed by atoms with van der Waals surface area (Å²) in [4.78, 5) is 0. The summed E-state index contributed by atoms with van der Waals surface area (Å²) in [6.07, 6.45) is 0. The van der Waals surface area contributed by atoms with Crippen LogP contribution in [0.4, 0.5) is 8.78 Å². The fraction of sp³-hybridized carbons (Fsp3) is 1.00. The zero-order valence-electron chi connectivity index (χ0n) is 7.41. The molecule has 1 N–H and O–H groups in total. The van der Waals surface area contributed by atoms with Gasteiger partial charge in [0, 0.05) is 0 Å². The largest absolute Gasteiger partial charge is 0.311 e. The third-order valence-electron chi connectivity index (χ3n) is 2.30. The van der Waals surface area contributed by atoms with Crippen LogP contribution in [0.5, 0.6) is 0 Å². The summed E-state index contributed by atoms with van der Waals surface area (Å²) in [6.45, 7) is 5.55. The lowest BCUT2D eigenvalue weighted by molar-refractivity contribution is 0.0668. The van der Waals surface area contributed by atoms with Gasteiger partial charge in [0.15, 0.2) is 0 Å². The van der Waals surface area contributed by atoms with Crippen LogP contribution >= 0.6 is 0 Å². The van der Waals surface area contributed by atoms with E-state index in [2.05, 4.69) is 5.32 Å². The molecule has 11 heavy (non-hydrogen) atoms. The van der Waals surface area contributed by atoms with Gasteiger partial charge in [0.05, 0.1) is 12.0 Å². The van der Waals surface area contributed by atoms with Gasteiger partial charge < -0.3 is 5.32 Å². The van der Waals surface area contributed by atoms with Crippen LogP contribution in [0.15, 0.2) is 0 Å². The summed E-state index contributed by atoms with van der Waals surface area (Å²) in [5.41, 5.74) is -0.294. The van der Waals surface area contributed by atoms with E-state index < -0.39 is 17.9 Å². The molecule has 0 aromatic carbocycles. The van der Waals surface area contributed by atoms with Crippen molar-refractivity contribution in [3.63, 3.8) is 0 Å². The fourth-order valence-electron chi connectivity index (χ4n) is 1.76. The minimum Gasteiger partial charge on any atom is -0.311 e. The molecule has 3 heteroatoms. The highest BCUT2D eigenvalue weighted by atomic mass is 19.3. The van der Waals surface area contributed by atoms with Gasteiger partial charge in [-0.1, -0.05) is 20.8 Å². The standard InChI is InChI=1S/C8H15F2N/c1-7(2,3)5-6(11-4)8(5,9)10/h5-6,11H,1-4H3. The van der Waals surface area contributed by atoms with E-state index in [1.54, 1.807) is 7.05 Å². The Hall–Kier alpha value is -0.180. The normalized spacial score (nSPS) is 35.5. The highest BCUT2D eigenvalue weighted by Crippen LogP contribution is 2.57. The van der Waals surface area contributed by atoms with E-state index >= 15 is 0 Å². The average Bonchev–Trinajstić information content (AvgIpc) is 2.31. The number of nitrogens with one attached hydrogen (secondary N) is 1. The van der Waals surface area contributed by atoms with Crippen molar-refractivity contribution in [2.75, 3.05) is 7.05 Å². The maximum Gasteiger partial charge on any atom is 0.268 e. The van der Waals surface area contributed by atoms with E-state index in [9.17, 15) is 8.78 Å². The first kappa shape index (κ1) is 8.91. The molecule has 1 nitrogen and oxygen atoms in total. The maximum absolute atomic E-state index is 12.9. The molecule has 0 aromatic rings. The molecule has 0 aliphatic heterocycles. The summed E-state index contributed by atoms with van der Waals surface area (Å²) in [5, 5.41) is 2.64. The third kappa shape index (κ3) is 1.26. The molecule has 0 radical (unpaired) electrons. The van der Waals surface area contributed by atoms with Crippen LogP contribution in [0, 0.1) is 11.3 Å². The smallest absolute Gasteiger partial charge is 0.268 e. The molecule has 66 valence electrons. The Balaban J connectivity index is 2.66. The van der Waals surface area contributed by atoms with E-state index in [0.29, 0.717) is 0 Å². The van der Waals surface area contributed by atoms with Gasteiger partial charge in [0.1, 0.15) is 0 Å². The van der Waals surface area contributed by atoms with Gasteiger partial charge in [-0.3, -0.25) is 0 Å². The summed E-state index contributed by atoms with van der Waals surface area (Å²) < 4.78 is 25.8. The van der Waals surface area contributed by atoms with E-state index in [0.717, 1.165) is 0 Å². The van der Waals surface area contributed by atoms with Gasteiger partial charge in [-0.15, -0.1) is 0 Å². The topological polar surface area (TPSA) is 12.0 Å². The number of rotatable bonds is 1. The van der Waals surface area contributed by atoms with E-state index in [1.807, 2.05) is 20.8 Å². The van der Waals surface area contributed by atoms with Crippen LogP contribution in [0.3, 0.4) is 0 Å². The molecule has 0 bridgehead atoms. The molecular weight excluding hydrogens is 148 g/mol. The number of hydrogen-bond acceptors (Lipinski definition) is 1. The van der Waals surface area contributed by atoms with E-state index in [1.165, 1.54) is 0 Å². The average molecular weight is 163 g/mol. The van der Waals surface area contributed by atoms with Crippen LogP contribution < -0.4 is 5.32 Å². The minimum absolute atomic E-state index is 0.294. The van der Waals surface area contributed by atoms with Crippen molar-refractivity contribution < 1.29 is 8.78 Å². The SMILES string of the molecule is CNC1C(C(C)(C)C)C1(F)F. The fourth-order valence-corrected chi connectivity index (χ4v) is 1.76. The zero-order valence-corrected chi connectivity index (χ0v) is 7.41.